The Morgan fingerprint density at radius 2 is 1.71 bits per heavy atom. The molecular weight excluding hydrogens is 315 g/mol. The van der Waals surface area contributed by atoms with Crippen molar-refractivity contribution in [2.75, 3.05) is 19.5 Å². The maximum atomic E-state index is 12.2. The van der Waals surface area contributed by atoms with Gasteiger partial charge >= 0.3 is 0 Å². The molecule has 0 atom stereocenters. The van der Waals surface area contributed by atoms with E-state index in [0.29, 0.717) is 17.2 Å². The highest BCUT2D eigenvalue weighted by Gasteiger charge is 2.14. The number of pyridine rings is 1. The van der Waals surface area contributed by atoms with Crippen LogP contribution in [0.15, 0.2) is 30.3 Å². The Morgan fingerprint density at radius 3 is 2.29 bits per heavy atom. The fourth-order valence-electron chi connectivity index (χ4n) is 1.65. The van der Waals surface area contributed by atoms with Crippen molar-refractivity contribution in [3.05, 3.63) is 46.2 Å². The fraction of sp³-hybridized carbons (Fsp3) is 0.143. The molecule has 0 radical (unpaired) electrons. The summed E-state index contributed by atoms with van der Waals surface area (Å²) in [5.41, 5.74) is 0.542. The standard InChI is InChI=1S/C14H12Cl2N2O3/c1-20-9-5-8(6-10(7-9)21-2)17-14(19)13-11(15)3-4-12(16)18-13/h3-7H,1-2H3,(H,17,19). The maximum absolute atomic E-state index is 12.2. The number of nitrogens with zero attached hydrogens (tertiary/aromatic N) is 1. The SMILES string of the molecule is COc1cc(NC(=O)c2nc(Cl)ccc2Cl)cc(OC)c1. The Hall–Kier alpha value is -1.98. The zero-order valence-electron chi connectivity index (χ0n) is 11.3. The summed E-state index contributed by atoms with van der Waals surface area (Å²) in [6.45, 7) is 0. The van der Waals surface area contributed by atoms with E-state index in [0.717, 1.165) is 0 Å². The maximum Gasteiger partial charge on any atom is 0.275 e. The van der Waals surface area contributed by atoms with Gasteiger partial charge in [0.15, 0.2) is 0 Å². The zero-order chi connectivity index (χ0) is 15.4. The fourth-order valence-corrected chi connectivity index (χ4v) is 1.99. The molecule has 1 amide bonds. The summed E-state index contributed by atoms with van der Waals surface area (Å²) < 4.78 is 10.3. The summed E-state index contributed by atoms with van der Waals surface area (Å²) in [5, 5.41) is 3.07. The van der Waals surface area contributed by atoms with Crippen LogP contribution in [0.4, 0.5) is 5.69 Å². The quantitative estimate of drug-likeness (QED) is 0.871. The Labute approximate surface area is 131 Å². The third-order valence-electron chi connectivity index (χ3n) is 2.64. The van der Waals surface area contributed by atoms with E-state index in [1.165, 1.54) is 26.4 Å². The van der Waals surface area contributed by atoms with E-state index in [-0.39, 0.29) is 15.9 Å². The van der Waals surface area contributed by atoms with Crippen LogP contribution in [0.2, 0.25) is 10.2 Å². The number of rotatable bonds is 4. The number of carbonyl (C=O) groups is 1. The van der Waals surface area contributed by atoms with Crippen molar-refractivity contribution in [1.82, 2.24) is 4.98 Å². The Bertz CT molecular complexity index is 655. The molecule has 5 nitrogen and oxygen atoms in total. The lowest BCUT2D eigenvalue weighted by Gasteiger charge is -2.10. The van der Waals surface area contributed by atoms with Crippen LogP contribution in [-0.2, 0) is 0 Å². The van der Waals surface area contributed by atoms with E-state index >= 15 is 0 Å². The first-order chi connectivity index (χ1) is 10.0. The summed E-state index contributed by atoms with van der Waals surface area (Å²) in [4.78, 5) is 16.1. The molecule has 1 N–H and O–H groups in total. The largest absolute Gasteiger partial charge is 0.497 e. The molecule has 0 saturated heterocycles. The average Bonchev–Trinajstić information content (AvgIpc) is 2.49. The third-order valence-corrected chi connectivity index (χ3v) is 3.15. The van der Waals surface area contributed by atoms with Gasteiger partial charge in [-0.25, -0.2) is 4.98 Å². The lowest BCUT2D eigenvalue weighted by Crippen LogP contribution is -2.14. The molecule has 1 heterocycles. The normalized spacial score (nSPS) is 10.1. The predicted molar refractivity (Wildman–Crippen MR) is 81.8 cm³/mol. The Morgan fingerprint density at radius 1 is 1.10 bits per heavy atom. The topological polar surface area (TPSA) is 60.5 Å². The third kappa shape index (κ3) is 3.77. The second-order valence-corrected chi connectivity index (χ2v) is 4.81. The first-order valence-corrected chi connectivity index (χ1v) is 6.65. The summed E-state index contributed by atoms with van der Waals surface area (Å²) in [6.07, 6.45) is 0. The molecule has 1 aromatic carbocycles. The molecule has 110 valence electrons. The van der Waals surface area contributed by atoms with Gasteiger partial charge in [-0.2, -0.15) is 0 Å². The van der Waals surface area contributed by atoms with Gasteiger partial charge in [0.25, 0.3) is 5.91 Å². The van der Waals surface area contributed by atoms with Gasteiger partial charge in [-0.05, 0) is 12.1 Å². The minimum Gasteiger partial charge on any atom is -0.497 e. The summed E-state index contributed by atoms with van der Waals surface area (Å²) in [6, 6.07) is 8.02. The molecule has 0 aliphatic carbocycles. The Kier molecular flexibility index (Phi) is 4.88. The smallest absolute Gasteiger partial charge is 0.275 e. The van der Waals surface area contributed by atoms with Crippen molar-refractivity contribution in [3.63, 3.8) is 0 Å². The van der Waals surface area contributed by atoms with Crippen LogP contribution in [0.5, 0.6) is 11.5 Å². The molecule has 2 aromatic rings. The van der Waals surface area contributed by atoms with E-state index in [2.05, 4.69) is 10.3 Å². The first-order valence-electron chi connectivity index (χ1n) is 5.90. The van der Waals surface area contributed by atoms with Crippen LogP contribution in [0.3, 0.4) is 0 Å². The predicted octanol–water partition coefficient (Wildman–Crippen LogP) is 3.66. The second kappa shape index (κ2) is 6.65. The van der Waals surface area contributed by atoms with Gasteiger partial charge in [-0.1, -0.05) is 23.2 Å². The highest BCUT2D eigenvalue weighted by Crippen LogP contribution is 2.26. The van der Waals surface area contributed by atoms with E-state index in [4.69, 9.17) is 32.7 Å². The molecule has 0 saturated carbocycles. The van der Waals surface area contributed by atoms with Crippen molar-refractivity contribution >= 4 is 34.8 Å². The van der Waals surface area contributed by atoms with E-state index in [1.54, 1.807) is 18.2 Å². The minimum absolute atomic E-state index is 0.0472. The van der Waals surface area contributed by atoms with Gasteiger partial charge in [0.1, 0.15) is 22.3 Å². The van der Waals surface area contributed by atoms with Crippen LogP contribution < -0.4 is 14.8 Å². The monoisotopic (exact) mass is 326 g/mol. The van der Waals surface area contributed by atoms with Gasteiger partial charge < -0.3 is 14.8 Å². The molecular formula is C14H12Cl2N2O3. The number of nitrogens with one attached hydrogen (secondary N) is 1. The zero-order valence-corrected chi connectivity index (χ0v) is 12.8. The molecule has 0 fully saturated rings. The molecule has 7 heteroatoms. The number of benzene rings is 1. The summed E-state index contributed by atoms with van der Waals surface area (Å²) in [5.74, 6) is 0.627. The van der Waals surface area contributed by atoms with Gasteiger partial charge in [-0.3, -0.25) is 4.79 Å². The second-order valence-electron chi connectivity index (χ2n) is 4.02. The Balaban J connectivity index is 2.28. The number of ether oxygens (including phenoxy) is 2. The number of halogens is 2. The lowest BCUT2D eigenvalue weighted by molar-refractivity contribution is 0.102. The molecule has 0 unspecified atom stereocenters. The van der Waals surface area contributed by atoms with E-state index in [9.17, 15) is 4.79 Å². The summed E-state index contributed by atoms with van der Waals surface area (Å²) in [7, 11) is 3.05. The number of amides is 1. The number of hydrogen-bond donors (Lipinski definition) is 1. The number of methoxy groups -OCH3 is 2. The van der Waals surface area contributed by atoms with Crippen molar-refractivity contribution < 1.29 is 14.3 Å². The molecule has 0 aliphatic rings. The van der Waals surface area contributed by atoms with Crippen LogP contribution in [-0.4, -0.2) is 25.1 Å². The van der Waals surface area contributed by atoms with Gasteiger partial charge in [-0.15, -0.1) is 0 Å². The van der Waals surface area contributed by atoms with Crippen LogP contribution >= 0.6 is 23.2 Å². The van der Waals surface area contributed by atoms with Crippen LogP contribution in [0.1, 0.15) is 10.5 Å². The van der Waals surface area contributed by atoms with Gasteiger partial charge in [0, 0.05) is 23.9 Å². The van der Waals surface area contributed by atoms with Gasteiger partial charge in [0.05, 0.1) is 19.2 Å². The number of aromatic nitrogens is 1. The summed E-state index contributed by atoms with van der Waals surface area (Å²) >= 11 is 11.7. The van der Waals surface area contributed by atoms with E-state index in [1.807, 2.05) is 0 Å². The first kappa shape index (κ1) is 15.4. The molecule has 0 bridgehead atoms. The van der Waals surface area contributed by atoms with Crippen LogP contribution in [0, 0.1) is 0 Å². The molecule has 0 spiro atoms. The molecule has 2 rings (SSSR count). The number of carbonyl (C=O) groups excluding carboxylic acids is 1. The minimum atomic E-state index is -0.474. The highest BCUT2D eigenvalue weighted by atomic mass is 35.5. The van der Waals surface area contributed by atoms with Crippen molar-refractivity contribution in [2.24, 2.45) is 0 Å². The molecule has 21 heavy (non-hydrogen) atoms. The van der Waals surface area contributed by atoms with Crippen LogP contribution in [0.25, 0.3) is 0 Å². The number of hydrogen-bond acceptors (Lipinski definition) is 4. The molecule has 1 aromatic heterocycles. The lowest BCUT2D eigenvalue weighted by atomic mass is 10.2. The van der Waals surface area contributed by atoms with Gasteiger partial charge in [0.2, 0.25) is 0 Å². The van der Waals surface area contributed by atoms with Crippen molar-refractivity contribution in [2.45, 2.75) is 0 Å². The highest BCUT2D eigenvalue weighted by molar-refractivity contribution is 6.35. The van der Waals surface area contributed by atoms with Crippen molar-refractivity contribution in [3.8, 4) is 11.5 Å². The van der Waals surface area contributed by atoms with E-state index < -0.39 is 5.91 Å². The average molecular weight is 327 g/mol. The number of anilines is 1. The van der Waals surface area contributed by atoms with Crippen molar-refractivity contribution in [1.29, 1.82) is 0 Å². The molecule has 0 aliphatic heterocycles.